The Morgan fingerprint density at radius 2 is 1.90 bits per heavy atom. The highest BCUT2D eigenvalue weighted by Crippen LogP contribution is 2.30. The van der Waals surface area contributed by atoms with Crippen molar-refractivity contribution in [2.24, 2.45) is 5.92 Å². The van der Waals surface area contributed by atoms with Crippen molar-refractivity contribution in [2.75, 3.05) is 13.1 Å². The maximum absolute atomic E-state index is 3.61. The van der Waals surface area contributed by atoms with Crippen molar-refractivity contribution in [2.45, 2.75) is 59.2 Å². The van der Waals surface area contributed by atoms with Crippen LogP contribution in [0, 0.1) is 5.92 Å². The molecule has 1 aromatic rings. The van der Waals surface area contributed by atoms with Crippen LogP contribution in [0.4, 0.5) is 0 Å². The molecular formula is C18H30N2. The van der Waals surface area contributed by atoms with Crippen LogP contribution in [0.15, 0.2) is 24.3 Å². The first-order valence-corrected chi connectivity index (χ1v) is 8.21. The molecule has 1 aliphatic rings. The first-order valence-electron chi connectivity index (χ1n) is 8.21. The second-order valence-corrected chi connectivity index (χ2v) is 6.41. The minimum atomic E-state index is 0.534. The molecule has 0 aromatic heterocycles. The second-order valence-electron chi connectivity index (χ2n) is 6.41. The Kier molecular flexibility index (Phi) is 5.62. The summed E-state index contributed by atoms with van der Waals surface area (Å²) in [6, 6.07) is 10.2. The number of fused-ring (bicyclic) bond motifs is 1. The maximum Gasteiger partial charge on any atom is 0.0479 e. The predicted molar refractivity (Wildman–Crippen MR) is 86.8 cm³/mol. The third kappa shape index (κ3) is 3.42. The number of benzene rings is 1. The van der Waals surface area contributed by atoms with E-state index >= 15 is 0 Å². The van der Waals surface area contributed by atoms with Gasteiger partial charge in [0.15, 0.2) is 0 Å². The number of nitrogens with zero attached hydrogens (tertiary/aromatic N) is 1. The summed E-state index contributed by atoms with van der Waals surface area (Å²) < 4.78 is 0. The van der Waals surface area contributed by atoms with Gasteiger partial charge < -0.3 is 5.32 Å². The van der Waals surface area contributed by atoms with E-state index in [4.69, 9.17) is 0 Å². The largest absolute Gasteiger partial charge is 0.311 e. The van der Waals surface area contributed by atoms with Gasteiger partial charge >= 0.3 is 0 Å². The van der Waals surface area contributed by atoms with E-state index in [1.54, 1.807) is 5.56 Å². The topological polar surface area (TPSA) is 15.3 Å². The van der Waals surface area contributed by atoms with Crippen molar-refractivity contribution in [3.05, 3.63) is 35.4 Å². The molecule has 0 fully saturated rings. The SMILES string of the molecule is CCC(CC)N(CC(C)C)C1CNCc2ccccc21. The van der Waals surface area contributed by atoms with Crippen molar-refractivity contribution >= 4 is 0 Å². The summed E-state index contributed by atoms with van der Waals surface area (Å²) in [6.07, 6.45) is 2.48. The predicted octanol–water partition coefficient (Wildman–Crippen LogP) is 3.98. The maximum atomic E-state index is 3.61. The molecular weight excluding hydrogens is 244 g/mol. The molecule has 2 heteroatoms. The Hall–Kier alpha value is -0.860. The summed E-state index contributed by atoms with van der Waals surface area (Å²) in [5.74, 6) is 0.713. The summed E-state index contributed by atoms with van der Waals surface area (Å²) in [5, 5.41) is 3.61. The van der Waals surface area contributed by atoms with Gasteiger partial charge in [0.1, 0.15) is 0 Å². The van der Waals surface area contributed by atoms with Gasteiger partial charge in [0, 0.05) is 31.7 Å². The van der Waals surface area contributed by atoms with Crippen LogP contribution >= 0.6 is 0 Å². The van der Waals surface area contributed by atoms with E-state index in [0.717, 1.165) is 13.1 Å². The number of hydrogen-bond acceptors (Lipinski definition) is 2. The average molecular weight is 274 g/mol. The Balaban J connectivity index is 2.29. The molecule has 0 bridgehead atoms. The lowest BCUT2D eigenvalue weighted by atomic mass is 9.92. The Bertz CT molecular complexity index is 410. The van der Waals surface area contributed by atoms with Crippen LogP contribution in [0.25, 0.3) is 0 Å². The summed E-state index contributed by atoms with van der Waals surface area (Å²) >= 11 is 0. The van der Waals surface area contributed by atoms with Gasteiger partial charge in [-0.15, -0.1) is 0 Å². The van der Waals surface area contributed by atoms with Crippen LogP contribution in [-0.2, 0) is 6.54 Å². The summed E-state index contributed by atoms with van der Waals surface area (Å²) in [7, 11) is 0. The van der Waals surface area contributed by atoms with Gasteiger partial charge in [0.2, 0.25) is 0 Å². The van der Waals surface area contributed by atoms with Crippen molar-refractivity contribution in [1.29, 1.82) is 0 Å². The van der Waals surface area contributed by atoms with Gasteiger partial charge in [-0.05, 0) is 29.9 Å². The molecule has 1 atom stereocenters. The van der Waals surface area contributed by atoms with E-state index in [-0.39, 0.29) is 0 Å². The molecule has 0 saturated carbocycles. The minimum Gasteiger partial charge on any atom is -0.311 e. The molecule has 1 N–H and O–H groups in total. The number of rotatable bonds is 6. The molecule has 0 amide bonds. The Morgan fingerprint density at radius 3 is 2.55 bits per heavy atom. The molecule has 0 saturated heterocycles. The number of hydrogen-bond donors (Lipinski definition) is 1. The Labute approximate surface area is 124 Å². The molecule has 0 aliphatic carbocycles. The first-order chi connectivity index (χ1) is 9.67. The van der Waals surface area contributed by atoms with Crippen LogP contribution in [0.5, 0.6) is 0 Å². The lowest BCUT2D eigenvalue weighted by Crippen LogP contribution is -2.46. The molecule has 0 spiro atoms. The standard InChI is InChI=1S/C18H30N2/c1-5-16(6-2)20(13-14(3)4)18-12-19-11-15-9-7-8-10-17(15)18/h7-10,14,16,18-19H,5-6,11-13H2,1-4H3. The Morgan fingerprint density at radius 1 is 1.20 bits per heavy atom. The third-order valence-corrected chi connectivity index (χ3v) is 4.46. The zero-order chi connectivity index (χ0) is 14.5. The number of nitrogens with one attached hydrogen (secondary N) is 1. The van der Waals surface area contributed by atoms with Crippen LogP contribution in [0.2, 0.25) is 0 Å². The first kappa shape index (κ1) is 15.5. The van der Waals surface area contributed by atoms with E-state index in [1.165, 1.54) is 24.9 Å². The van der Waals surface area contributed by atoms with Gasteiger partial charge in [-0.25, -0.2) is 0 Å². The smallest absolute Gasteiger partial charge is 0.0479 e. The molecule has 112 valence electrons. The highest BCUT2D eigenvalue weighted by molar-refractivity contribution is 5.32. The van der Waals surface area contributed by atoms with Gasteiger partial charge in [0.05, 0.1) is 0 Å². The second kappa shape index (κ2) is 7.24. The van der Waals surface area contributed by atoms with Crippen LogP contribution in [-0.4, -0.2) is 24.0 Å². The van der Waals surface area contributed by atoms with Crippen molar-refractivity contribution in [3.63, 3.8) is 0 Å². The van der Waals surface area contributed by atoms with Crippen molar-refractivity contribution < 1.29 is 0 Å². The normalized spacial score (nSPS) is 18.9. The average Bonchev–Trinajstić information content (AvgIpc) is 2.46. The molecule has 20 heavy (non-hydrogen) atoms. The molecule has 1 aliphatic heterocycles. The van der Waals surface area contributed by atoms with Gasteiger partial charge in [-0.1, -0.05) is 52.0 Å². The fraction of sp³-hybridized carbons (Fsp3) is 0.667. The third-order valence-electron chi connectivity index (χ3n) is 4.46. The minimum absolute atomic E-state index is 0.534. The van der Waals surface area contributed by atoms with E-state index in [0.29, 0.717) is 18.0 Å². The quantitative estimate of drug-likeness (QED) is 0.844. The van der Waals surface area contributed by atoms with Crippen LogP contribution < -0.4 is 5.32 Å². The molecule has 2 rings (SSSR count). The van der Waals surface area contributed by atoms with Crippen molar-refractivity contribution in [3.8, 4) is 0 Å². The zero-order valence-corrected chi connectivity index (χ0v) is 13.5. The van der Waals surface area contributed by atoms with E-state index in [2.05, 4.69) is 62.2 Å². The van der Waals surface area contributed by atoms with E-state index in [9.17, 15) is 0 Å². The summed E-state index contributed by atoms with van der Waals surface area (Å²) in [6.45, 7) is 12.6. The summed E-state index contributed by atoms with van der Waals surface area (Å²) in [4.78, 5) is 2.75. The molecule has 0 radical (unpaired) electrons. The molecule has 1 aromatic carbocycles. The zero-order valence-electron chi connectivity index (χ0n) is 13.5. The highest BCUT2D eigenvalue weighted by Gasteiger charge is 2.29. The van der Waals surface area contributed by atoms with E-state index < -0.39 is 0 Å². The highest BCUT2D eigenvalue weighted by atomic mass is 15.2. The van der Waals surface area contributed by atoms with Crippen LogP contribution in [0.3, 0.4) is 0 Å². The summed E-state index contributed by atoms with van der Waals surface area (Å²) in [5.41, 5.74) is 3.02. The molecule has 1 heterocycles. The lowest BCUT2D eigenvalue weighted by Gasteiger charge is -2.41. The fourth-order valence-corrected chi connectivity index (χ4v) is 3.48. The molecule has 2 nitrogen and oxygen atoms in total. The molecule has 1 unspecified atom stereocenters. The lowest BCUT2D eigenvalue weighted by molar-refractivity contribution is 0.102. The van der Waals surface area contributed by atoms with Crippen molar-refractivity contribution in [1.82, 2.24) is 10.2 Å². The van der Waals surface area contributed by atoms with Gasteiger partial charge in [0.25, 0.3) is 0 Å². The monoisotopic (exact) mass is 274 g/mol. The van der Waals surface area contributed by atoms with Gasteiger partial charge in [-0.3, -0.25) is 4.90 Å². The fourth-order valence-electron chi connectivity index (χ4n) is 3.48. The van der Waals surface area contributed by atoms with Crippen LogP contribution in [0.1, 0.15) is 57.7 Å². The van der Waals surface area contributed by atoms with Gasteiger partial charge in [-0.2, -0.15) is 0 Å². The van der Waals surface area contributed by atoms with E-state index in [1.807, 2.05) is 0 Å².